The van der Waals surface area contributed by atoms with Crippen molar-refractivity contribution in [1.82, 2.24) is 23.6 Å². The molecule has 7 heteroatoms. The normalized spacial score (nSPS) is 18.4. The highest BCUT2D eigenvalue weighted by Gasteiger charge is 2.23. The first-order chi connectivity index (χ1) is 13.0. The average Bonchev–Trinajstić information content (AvgIpc) is 3.02. The van der Waals surface area contributed by atoms with Crippen LogP contribution >= 0.6 is 0 Å². The van der Waals surface area contributed by atoms with Crippen LogP contribution in [-0.2, 0) is 27.2 Å². The number of fused-ring (bicyclic) bond motifs is 1. The van der Waals surface area contributed by atoms with Gasteiger partial charge in [-0.05, 0) is 32.7 Å². The summed E-state index contributed by atoms with van der Waals surface area (Å²) < 4.78 is 4.77. The van der Waals surface area contributed by atoms with Crippen molar-refractivity contribution in [3.05, 3.63) is 26.7 Å². The summed E-state index contributed by atoms with van der Waals surface area (Å²) in [4.78, 5) is 32.4. The Labute approximate surface area is 160 Å². The zero-order chi connectivity index (χ0) is 19.6. The van der Waals surface area contributed by atoms with E-state index >= 15 is 0 Å². The Bertz CT molecular complexity index is 908. The molecule has 3 rings (SSSR count). The van der Waals surface area contributed by atoms with E-state index < -0.39 is 0 Å². The van der Waals surface area contributed by atoms with Gasteiger partial charge in [-0.25, -0.2) is 9.78 Å². The largest absolute Gasteiger partial charge is 0.332 e. The van der Waals surface area contributed by atoms with Crippen molar-refractivity contribution in [2.75, 3.05) is 6.54 Å². The van der Waals surface area contributed by atoms with Crippen molar-refractivity contribution in [3.63, 3.8) is 0 Å². The number of hydrogen-bond acceptors (Lipinski definition) is 4. The van der Waals surface area contributed by atoms with E-state index in [1.807, 2.05) is 0 Å². The van der Waals surface area contributed by atoms with Gasteiger partial charge in [-0.1, -0.05) is 32.6 Å². The van der Waals surface area contributed by atoms with Gasteiger partial charge in [0.05, 0.1) is 6.54 Å². The molecule has 0 radical (unpaired) electrons. The number of likely N-dealkylation sites (tertiary alicyclic amines) is 1. The summed E-state index contributed by atoms with van der Waals surface area (Å²) in [6, 6.07) is 0.527. The Kier molecular flexibility index (Phi) is 6.19. The zero-order valence-electron chi connectivity index (χ0n) is 17.2. The summed E-state index contributed by atoms with van der Waals surface area (Å²) in [5.74, 6) is 0.911. The molecule has 0 amide bonds. The first-order valence-corrected chi connectivity index (χ1v) is 10.3. The SMILES string of the molecule is CCCCCCn1c(CN2CCCC[C@H]2C)nc2c1c(=O)n(C)c(=O)n2C. The molecule has 27 heavy (non-hydrogen) atoms. The van der Waals surface area contributed by atoms with Gasteiger partial charge in [0, 0.05) is 26.7 Å². The van der Waals surface area contributed by atoms with Gasteiger partial charge in [0.15, 0.2) is 11.2 Å². The number of piperidine rings is 1. The van der Waals surface area contributed by atoms with Gasteiger partial charge in [-0.15, -0.1) is 0 Å². The van der Waals surface area contributed by atoms with E-state index in [4.69, 9.17) is 4.98 Å². The second-order valence-electron chi connectivity index (χ2n) is 7.93. The molecule has 7 nitrogen and oxygen atoms in total. The number of unbranched alkanes of at least 4 members (excludes halogenated alkanes) is 3. The maximum atomic E-state index is 12.9. The zero-order valence-corrected chi connectivity index (χ0v) is 17.2. The summed E-state index contributed by atoms with van der Waals surface area (Å²) in [5, 5.41) is 0. The minimum atomic E-state index is -0.318. The Morgan fingerprint density at radius 2 is 1.85 bits per heavy atom. The summed E-state index contributed by atoms with van der Waals surface area (Å²) in [5.41, 5.74) is 0.518. The Morgan fingerprint density at radius 3 is 2.56 bits per heavy atom. The lowest BCUT2D eigenvalue weighted by molar-refractivity contribution is 0.147. The van der Waals surface area contributed by atoms with Gasteiger partial charge in [-0.3, -0.25) is 18.8 Å². The minimum Gasteiger partial charge on any atom is -0.321 e. The van der Waals surface area contributed by atoms with Crippen LogP contribution in [0.2, 0.25) is 0 Å². The highest BCUT2D eigenvalue weighted by Crippen LogP contribution is 2.21. The van der Waals surface area contributed by atoms with E-state index in [-0.39, 0.29) is 11.2 Å². The van der Waals surface area contributed by atoms with Crippen LogP contribution in [0.4, 0.5) is 0 Å². The van der Waals surface area contributed by atoms with Crippen LogP contribution in [0.25, 0.3) is 11.2 Å². The molecule has 150 valence electrons. The maximum Gasteiger partial charge on any atom is 0.332 e. The first kappa shape index (κ1) is 19.9. The molecule has 0 spiro atoms. The third-order valence-electron chi connectivity index (χ3n) is 5.95. The number of hydrogen-bond donors (Lipinski definition) is 0. The highest BCUT2D eigenvalue weighted by molar-refractivity contribution is 5.71. The van der Waals surface area contributed by atoms with Gasteiger partial charge in [0.25, 0.3) is 5.56 Å². The fourth-order valence-electron chi connectivity index (χ4n) is 4.12. The van der Waals surface area contributed by atoms with Crippen LogP contribution in [-0.4, -0.2) is 36.2 Å². The van der Waals surface area contributed by atoms with E-state index in [1.165, 1.54) is 41.2 Å². The van der Waals surface area contributed by atoms with Gasteiger partial charge in [0.1, 0.15) is 5.82 Å². The molecule has 1 aliphatic heterocycles. The third-order valence-corrected chi connectivity index (χ3v) is 5.95. The number of rotatable bonds is 7. The van der Waals surface area contributed by atoms with Crippen molar-refractivity contribution in [1.29, 1.82) is 0 Å². The Morgan fingerprint density at radius 1 is 1.07 bits per heavy atom. The van der Waals surface area contributed by atoms with Crippen LogP contribution in [0.5, 0.6) is 0 Å². The van der Waals surface area contributed by atoms with Crippen LogP contribution in [0.3, 0.4) is 0 Å². The molecular formula is C20H33N5O2. The third kappa shape index (κ3) is 3.88. The molecule has 2 aromatic rings. The molecule has 0 bridgehead atoms. The monoisotopic (exact) mass is 375 g/mol. The lowest BCUT2D eigenvalue weighted by Gasteiger charge is -2.33. The second kappa shape index (κ2) is 8.42. The summed E-state index contributed by atoms with van der Waals surface area (Å²) in [7, 11) is 3.25. The molecule has 1 aliphatic rings. The molecule has 0 saturated carbocycles. The summed E-state index contributed by atoms with van der Waals surface area (Å²) >= 11 is 0. The van der Waals surface area contributed by atoms with Crippen LogP contribution in [0.15, 0.2) is 9.59 Å². The van der Waals surface area contributed by atoms with Crippen molar-refractivity contribution >= 4 is 11.2 Å². The standard InChI is InChI=1S/C20H33N5O2/c1-5-6-7-9-13-25-16(14-24-12-10-8-11-15(24)2)21-18-17(25)19(26)23(4)20(27)22(18)3/h15H,5-14H2,1-4H3/t15-/m1/s1. The molecule has 1 saturated heterocycles. The van der Waals surface area contributed by atoms with E-state index in [0.29, 0.717) is 17.2 Å². The molecular weight excluding hydrogens is 342 g/mol. The maximum absolute atomic E-state index is 12.9. The van der Waals surface area contributed by atoms with Crippen LogP contribution in [0.1, 0.15) is 64.6 Å². The summed E-state index contributed by atoms with van der Waals surface area (Å²) in [6.07, 6.45) is 8.23. The fraction of sp³-hybridized carbons (Fsp3) is 0.750. The second-order valence-corrected chi connectivity index (χ2v) is 7.93. The summed E-state index contributed by atoms with van der Waals surface area (Å²) in [6.45, 7) is 7.04. The molecule has 0 N–H and O–H groups in total. The quantitative estimate of drug-likeness (QED) is 0.697. The molecule has 2 aromatic heterocycles. The van der Waals surface area contributed by atoms with Gasteiger partial charge < -0.3 is 4.57 Å². The van der Waals surface area contributed by atoms with Gasteiger partial charge in [-0.2, -0.15) is 0 Å². The Hall–Kier alpha value is -1.89. The molecule has 0 aliphatic carbocycles. The van der Waals surface area contributed by atoms with E-state index in [0.717, 1.165) is 38.3 Å². The number of imidazole rings is 1. The van der Waals surface area contributed by atoms with Crippen LogP contribution in [0, 0.1) is 0 Å². The minimum absolute atomic E-state index is 0.242. The molecule has 0 aromatic carbocycles. The molecule has 1 fully saturated rings. The van der Waals surface area contributed by atoms with Gasteiger partial charge in [0.2, 0.25) is 0 Å². The van der Waals surface area contributed by atoms with E-state index in [1.54, 1.807) is 14.1 Å². The Balaban J connectivity index is 2.04. The number of aromatic nitrogens is 4. The molecule has 0 unspecified atom stereocenters. The van der Waals surface area contributed by atoms with Crippen LogP contribution < -0.4 is 11.2 Å². The van der Waals surface area contributed by atoms with E-state index in [9.17, 15) is 9.59 Å². The first-order valence-electron chi connectivity index (χ1n) is 10.3. The number of nitrogens with zero attached hydrogens (tertiary/aromatic N) is 5. The smallest absolute Gasteiger partial charge is 0.321 e. The topological polar surface area (TPSA) is 65.1 Å². The average molecular weight is 376 g/mol. The lowest BCUT2D eigenvalue weighted by Crippen LogP contribution is -2.38. The van der Waals surface area contributed by atoms with Crippen molar-refractivity contribution < 1.29 is 0 Å². The van der Waals surface area contributed by atoms with E-state index in [2.05, 4.69) is 23.3 Å². The molecule has 3 heterocycles. The molecule has 1 atom stereocenters. The predicted octanol–water partition coefficient (Wildman–Crippen LogP) is 2.39. The van der Waals surface area contributed by atoms with Crippen molar-refractivity contribution in [3.8, 4) is 0 Å². The predicted molar refractivity (Wildman–Crippen MR) is 108 cm³/mol. The van der Waals surface area contributed by atoms with Gasteiger partial charge >= 0.3 is 5.69 Å². The number of aryl methyl sites for hydroxylation is 2. The van der Waals surface area contributed by atoms with Crippen molar-refractivity contribution in [2.45, 2.75) is 77.9 Å². The highest BCUT2D eigenvalue weighted by atomic mass is 16.2. The lowest BCUT2D eigenvalue weighted by atomic mass is 10.0. The van der Waals surface area contributed by atoms with Crippen molar-refractivity contribution in [2.24, 2.45) is 14.1 Å². The fourth-order valence-corrected chi connectivity index (χ4v) is 4.12.